The second-order valence-electron chi connectivity index (χ2n) is 3.92. The van der Waals surface area contributed by atoms with Crippen LogP contribution in [0.2, 0.25) is 0 Å². The maximum absolute atomic E-state index is 9.07. The van der Waals surface area contributed by atoms with E-state index in [-0.39, 0.29) is 6.61 Å². The topological polar surface area (TPSA) is 36.4 Å². The number of nitrogens with zero attached hydrogens (tertiary/aromatic N) is 2. The second kappa shape index (κ2) is 6.76. The molecule has 0 aromatic carbocycles. The van der Waals surface area contributed by atoms with E-state index in [0.717, 1.165) is 23.6 Å². The molecule has 1 heterocycles. The summed E-state index contributed by atoms with van der Waals surface area (Å²) in [7, 11) is 2.05. The summed E-state index contributed by atoms with van der Waals surface area (Å²) in [5.41, 5.74) is 0.911. The van der Waals surface area contributed by atoms with E-state index < -0.39 is 0 Å². The first-order chi connectivity index (χ1) is 7.69. The van der Waals surface area contributed by atoms with Crippen molar-refractivity contribution in [3.8, 4) is 0 Å². The fraction of sp³-hybridized carbons (Fsp3) is 0.583. The Morgan fingerprint density at radius 2 is 2.31 bits per heavy atom. The molecular formula is C12H20N2OS. The molecule has 3 nitrogen and oxygen atoms in total. The lowest BCUT2D eigenvalue weighted by Gasteiger charge is -2.26. The zero-order valence-corrected chi connectivity index (χ0v) is 11.0. The van der Waals surface area contributed by atoms with Crippen LogP contribution in [0.3, 0.4) is 0 Å². The van der Waals surface area contributed by atoms with E-state index in [0.29, 0.717) is 6.04 Å². The summed E-state index contributed by atoms with van der Waals surface area (Å²) in [6, 6.07) is 4.24. The third kappa shape index (κ3) is 3.68. The highest BCUT2D eigenvalue weighted by Crippen LogP contribution is 2.16. The Balaban J connectivity index is 2.67. The normalized spacial score (nSPS) is 12.5. The van der Waals surface area contributed by atoms with Gasteiger partial charge in [0, 0.05) is 19.3 Å². The molecule has 0 saturated carbocycles. The van der Waals surface area contributed by atoms with E-state index in [1.54, 1.807) is 6.20 Å². The fourth-order valence-electron chi connectivity index (χ4n) is 1.46. The molecule has 1 aromatic rings. The van der Waals surface area contributed by atoms with Gasteiger partial charge in [-0.05, 0) is 43.0 Å². The Kier molecular flexibility index (Phi) is 5.63. The highest BCUT2D eigenvalue weighted by molar-refractivity contribution is 7.98. The van der Waals surface area contributed by atoms with E-state index in [1.165, 1.54) is 0 Å². The Hall–Kier alpha value is -0.740. The molecule has 0 aliphatic carbocycles. The van der Waals surface area contributed by atoms with Crippen LogP contribution in [0.15, 0.2) is 18.3 Å². The molecule has 0 fully saturated rings. The van der Waals surface area contributed by atoms with Gasteiger partial charge in [0.15, 0.2) is 0 Å². The Labute approximate surface area is 102 Å². The molecule has 1 rings (SSSR count). The fourth-order valence-corrected chi connectivity index (χ4v) is 2.04. The molecule has 1 N–H and O–H groups in total. The van der Waals surface area contributed by atoms with E-state index in [9.17, 15) is 0 Å². The molecule has 0 bridgehead atoms. The van der Waals surface area contributed by atoms with Gasteiger partial charge in [-0.25, -0.2) is 4.98 Å². The minimum Gasteiger partial charge on any atom is -0.392 e. The number of aliphatic hydroxyl groups excluding tert-OH is 1. The molecule has 0 spiro atoms. The molecule has 4 heteroatoms. The zero-order valence-electron chi connectivity index (χ0n) is 10.2. The molecule has 90 valence electrons. The number of rotatable bonds is 6. The van der Waals surface area contributed by atoms with Gasteiger partial charge in [0.25, 0.3) is 0 Å². The summed E-state index contributed by atoms with van der Waals surface area (Å²) in [5, 5.41) is 9.07. The first kappa shape index (κ1) is 13.3. The van der Waals surface area contributed by atoms with Crippen LogP contribution in [0.1, 0.15) is 18.9 Å². The van der Waals surface area contributed by atoms with Crippen molar-refractivity contribution in [1.82, 2.24) is 4.98 Å². The monoisotopic (exact) mass is 240 g/mol. The smallest absolute Gasteiger partial charge is 0.128 e. The van der Waals surface area contributed by atoms with Crippen LogP contribution in [0.4, 0.5) is 5.82 Å². The van der Waals surface area contributed by atoms with Crippen molar-refractivity contribution < 1.29 is 5.11 Å². The molecule has 0 saturated heterocycles. The van der Waals surface area contributed by atoms with E-state index in [1.807, 2.05) is 23.9 Å². The number of pyridine rings is 1. The molecule has 0 radical (unpaired) electrons. The third-order valence-electron chi connectivity index (χ3n) is 2.75. The highest BCUT2D eigenvalue weighted by Gasteiger charge is 2.10. The van der Waals surface area contributed by atoms with Crippen molar-refractivity contribution in [3.05, 3.63) is 23.9 Å². The predicted octanol–water partition coefficient (Wildman–Crippen LogP) is 2.15. The Morgan fingerprint density at radius 1 is 1.56 bits per heavy atom. The van der Waals surface area contributed by atoms with Gasteiger partial charge in [-0.1, -0.05) is 0 Å². The third-order valence-corrected chi connectivity index (χ3v) is 3.40. The number of aliphatic hydroxyl groups is 1. The van der Waals surface area contributed by atoms with Gasteiger partial charge >= 0.3 is 0 Å². The predicted molar refractivity (Wildman–Crippen MR) is 71.0 cm³/mol. The van der Waals surface area contributed by atoms with E-state index >= 15 is 0 Å². The van der Waals surface area contributed by atoms with Crippen molar-refractivity contribution in [1.29, 1.82) is 0 Å². The first-order valence-corrected chi connectivity index (χ1v) is 6.86. The van der Waals surface area contributed by atoms with Gasteiger partial charge in [-0.15, -0.1) is 0 Å². The van der Waals surface area contributed by atoms with Crippen LogP contribution in [0, 0.1) is 0 Å². The molecule has 0 aliphatic heterocycles. The lowest BCUT2D eigenvalue weighted by atomic mass is 10.2. The number of anilines is 1. The van der Waals surface area contributed by atoms with Crippen LogP contribution in [-0.4, -0.2) is 35.2 Å². The SMILES string of the molecule is CSCCC(C)N(C)c1cc(CO)ccn1. The molecule has 1 unspecified atom stereocenters. The largest absolute Gasteiger partial charge is 0.392 e. The maximum atomic E-state index is 9.07. The van der Waals surface area contributed by atoms with Crippen LogP contribution >= 0.6 is 11.8 Å². The quantitative estimate of drug-likeness (QED) is 0.826. The molecular weight excluding hydrogens is 220 g/mol. The maximum Gasteiger partial charge on any atom is 0.128 e. The molecule has 1 aromatic heterocycles. The molecule has 1 atom stereocenters. The lowest BCUT2D eigenvalue weighted by molar-refractivity contribution is 0.281. The number of hydrogen-bond donors (Lipinski definition) is 1. The number of aromatic nitrogens is 1. The molecule has 0 amide bonds. The number of thioether (sulfide) groups is 1. The standard InChI is InChI=1S/C12H20N2OS/c1-10(5-7-16-3)14(2)12-8-11(9-15)4-6-13-12/h4,6,8,10,15H,5,7,9H2,1-3H3. The van der Waals surface area contributed by atoms with Crippen molar-refractivity contribution in [2.75, 3.05) is 24.0 Å². The number of hydrogen-bond acceptors (Lipinski definition) is 4. The van der Waals surface area contributed by atoms with E-state index in [2.05, 4.69) is 30.1 Å². The minimum absolute atomic E-state index is 0.0720. The molecule has 16 heavy (non-hydrogen) atoms. The average molecular weight is 240 g/mol. The Morgan fingerprint density at radius 3 is 2.94 bits per heavy atom. The van der Waals surface area contributed by atoms with Crippen molar-refractivity contribution in [2.45, 2.75) is 26.0 Å². The minimum atomic E-state index is 0.0720. The van der Waals surface area contributed by atoms with E-state index in [4.69, 9.17) is 5.11 Å². The average Bonchev–Trinajstić information content (AvgIpc) is 2.35. The first-order valence-electron chi connectivity index (χ1n) is 5.46. The van der Waals surface area contributed by atoms with Crippen LogP contribution in [0.5, 0.6) is 0 Å². The van der Waals surface area contributed by atoms with Gasteiger partial charge in [0.2, 0.25) is 0 Å². The summed E-state index contributed by atoms with van der Waals surface area (Å²) in [6.45, 7) is 2.27. The van der Waals surface area contributed by atoms with Gasteiger partial charge < -0.3 is 10.0 Å². The zero-order chi connectivity index (χ0) is 12.0. The van der Waals surface area contributed by atoms with Gasteiger partial charge in [0.05, 0.1) is 6.61 Å². The summed E-state index contributed by atoms with van der Waals surface area (Å²) in [5.74, 6) is 2.09. The van der Waals surface area contributed by atoms with Crippen molar-refractivity contribution in [2.24, 2.45) is 0 Å². The van der Waals surface area contributed by atoms with Gasteiger partial charge in [-0.3, -0.25) is 0 Å². The molecule has 0 aliphatic rings. The second-order valence-corrected chi connectivity index (χ2v) is 4.91. The summed E-state index contributed by atoms with van der Waals surface area (Å²) >= 11 is 1.86. The van der Waals surface area contributed by atoms with Crippen LogP contribution in [0.25, 0.3) is 0 Å². The highest BCUT2D eigenvalue weighted by atomic mass is 32.2. The van der Waals surface area contributed by atoms with Crippen molar-refractivity contribution in [3.63, 3.8) is 0 Å². The summed E-state index contributed by atoms with van der Waals surface area (Å²) < 4.78 is 0. The summed E-state index contributed by atoms with van der Waals surface area (Å²) in [6.07, 6.45) is 5.01. The van der Waals surface area contributed by atoms with Crippen LogP contribution < -0.4 is 4.90 Å². The van der Waals surface area contributed by atoms with Crippen LogP contribution in [-0.2, 0) is 6.61 Å². The van der Waals surface area contributed by atoms with Gasteiger partial charge in [-0.2, -0.15) is 11.8 Å². The summed E-state index contributed by atoms with van der Waals surface area (Å²) in [4.78, 5) is 6.49. The van der Waals surface area contributed by atoms with Crippen molar-refractivity contribution >= 4 is 17.6 Å². The lowest BCUT2D eigenvalue weighted by Crippen LogP contribution is -2.30. The van der Waals surface area contributed by atoms with Gasteiger partial charge in [0.1, 0.15) is 5.82 Å². The Bertz CT molecular complexity index is 320.